The fourth-order valence-corrected chi connectivity index (χ4v) is 3.58. The number of halogens is 3. The number of methoxy groups -OCH3 is 1. The number of benzene rings is 2. The second kappa shape index (κ2) is 8.33. The third-order valence-corrected chi connectivity index (χ3v) is 5.21. The normalized spacial score (nSPS) is 14.6. The Morgan fingerprint density at radius 2 is 1.68 bits per heavy atom. The molecule has 0 spiro atoms. The van der Waals surface area contributed by atoms with Crippen LogP contribution in [0.4, 0.5) is 24.8 Å². The molecule has 1 aliphatic rings. The Balaban J connectivity index is 1.52. The van der Waals surface area contributed by atoms with Crippen LogP contribution in [0, 0.1) is 0 Å². The van der Waals surface area contributed by atoms with Crippen molar-refractivity contribution in [3.63, 3.8) is 0 Å². The number of nitrogens with one attached hydrogen (secondary N) is 1. The van der Waals surface area contributed by atoms with Gasteiger partial charge in [0.15, 0.2) is 0 Å². The van der Waals surface area contributed by atoms with Crippen LogP contribution in [0.25, 0.3) is 11.3 Å². The number of hydrogen-bond acceptors (Lipinski definition) is 5. The van der Waals surface area contributed by atoms with Crippen molar-refractivity contribution >= 4 is 11.6 Å². The number of aromatic nitrogens is 2. The van der Waals surface area contributed by atoms with Gasteiger partial charge in [-0.15, -0.1) is 0 Å². The van der Waals surface area contributed by atoms with Crippen molar-refractivity contribution in [1.82, 2.24) is 9.97 Å². The van der Waals surface area contributed by atoms with Gasteiger partial charge in [-0.05, 0) is 30.3 Å². The number of ether oxygens (including phenoxy) is 1. The molecule has 0 bridgehead atoms. The molecule has 162 valence electrons. The monoisotopic (exact) mass is 430 g/mol. The fraction of sp³-hybridized carbons (Fsp3) is 0.273. The Labute approximate surface area is 176 Å². The van der Waals surface area contributed by atoms with Crippen molar-refractivity contribution in [2.75, 3.05) is 43.1 Å². The summed E-state index contributed by atoms with van der Waals surface area (Å²) in [4.78, 5) is 23.4. The topological polar surface area (TPSA) is 61.5 Å². The molecular formula is C22H21F3N4O2. The lowest BCUT2D eigenvalue weighted by Crippen LogP contribution is -2.47. The molecular weight excluding hydrogens is 409 g/mol. The van der Waals surface area contributed by atoms with E-state index in [1.54, 1.807) is 19.2 Å². The first-order valence-electron chi connectivity index (χ1n) is 9.76. The number of alkyl halides is 3. The van der Waals surface area contributed by atoms with Gasteiger partial charge in [-0.25, -0.2) is 4.98 Å². The molecule has 1 aromatic heterocycles. The minimum atomic E-state index is -4.37. The van der Waals surface area contributed by atoms with Crippen LogP contribution in [0.15, 0.2) is 59.4 Å². The molecule has 6 nitrogen and oxygen atoms in total. The van der Waals surface area contributed by atoms with Crippen LogP contribution in [-0.4, -0.2) is 43.3 Å². The Morgan fingerprint density at radius 3 is 2.39 bits per heavy atom. The van der Waals surface area contributed by atoms with Gasteiger partial charge in [-0.1, -0.05) is 18.2 Å². The second-order valence-electron chi connectivity index (χ2n) is 7.21. The summed E-state index contributed by atoms with van der Waals surface area (Å²) in [6, 6.07) is 14.0. The van der Waals surface area contributed by atoms with Crippen LogP contribution < -0.4 is 20.1 Å². The molecule has 0 saturated carbocycles. The number of anilines is 2. The minimum absolute atomic E-state index is 0.275. The summed E-state index contributed by atoms with van der Waals surface area (Å²) >= 11 is 0. The quantitative estimate of drug-likeness (QED) is 0.683. The van der Waals surface area contributed by atoms with Crippen LogP contribution in [0.3, 0.4) is 0 Å². The zero-order valence-corrected chi connectivity index (χ0v) is 16.8. The first-order valence-corrected chi connectivity index (χ1v) is 9.76. The number of H-pyrrole nitrogens is 1. The fourth-order valence-electron chi connectivity index (χ4n) is 3.58. The van der Waals surface area contributed by atoms with Crippen molar-refractivity contribution in [2.24, 2.45) is 0 Å². The molecule has 2 aromatic carbocycles. The van der Waals surface area contributed by atoms with E-state index < -0.39 is 11.7 Å². The van der Waals surface area contributed by atoms with Crippen LogP contribution in [0.5, 0.6) is 5.75 Å². The van der Waals surface area contributed by atoms with E-state index >= 15 is 0 Å². The van der Waals surface area contributed by atoms with Crippen molar-refractivity contribution in [3.8, 4) is 17.0 Å². The van der Waals surface area contributed by atoms with Gasteiger partial charge in [-0.2, -0.15) is 13.2 Å². The van der Waals surface area contributed by atoms with Crippen LogP contribution in [0.2, 0.25) is 0 Å². The highest BCUT2D eigenvalue weighted by atomic mass is 19.4. The lowest BCUT2D eigenvalue weighted by atomic mass is 10.1. The van der Waals surface area contributed by atoms with Gasteiger partial charge in [0, 0.05) is 43.5 Å². The van der Waals surface area contributed by atoms with E-state index in [9.17, 15) is 18.0 Å². The third kappa shape index (κ3) is 4.65. The highest BCUT2D eigenvalue weighted by Gasteiger charge is 2.31. The predicted molar refractivity (Wildman–Crippen MR) is 113 cm³/mol. The summed E-state index contributed by atoms with van der Waals surface area (Å²) in [6.07, 6.45) is -4.37. The smallest absolute Gasteiger partial charge is 0.416 e. The van der Waals surface area contributed by atoms with Crippen molar-refractivity contribution in [1.29, 1.82) is 0 Å². The zero-order valence-electron chi connectivity index (χ0n) is 16.8. The van der Waals surface area contributed by atoms with Crippen molar-refractivity contribution in [2.45, 2.75) is 6.18 Å². The number of hydrogen-bond donors (Lipinski definition) is 1. The highest BCUT2D eigenvalue weighted by Crippen LogP contribution is 2.32. The summed E-state index contributed by atoms with van der Waals surface area (Å²) in [7, 11) is 1.57. The molecule has 1 fully saturated rings. The summed E-state index contributed by atoms with van der Waals surface area (Å²) in [5.41, 5.74) is 0.876. The summed E-state index contributed by atoms with van der Waals surface area (Å²) < 4.78 is 44.3. The first kappa shape index (κ1) is 20.8. The molecule has 0 amide bonds. The van der Waals surface area contributed by atoms with Crippen LogP contribution in [-0.2, 0) is 6.18 Å². The first-order chi connectivity index (χ1) is 14.8. The van der Waals surface area contributed by atoms with Crippen molar-refractivity contribution < 1.29 is 17.9 Å². The number of piperazine rings is 1. The Hall–Kier alpha value is -3.49. The van der Waals surface area contributed by atoms with Gasteiger partial charge in [0.25, 0.3) is 5.56 Å². The zero-order chi connectivity index (χ0) is 22.0. The van der Waals surface area contributed by atoms with Crippen molar-refractivity contribution in [3.05, 3.63) is 70.5 Å². The average Bonchev–Trinajstić information content (AvgIpc) is 2.78. The average molecular weight is 430 g/mol. The lowest BCUT2D eigenvalue weighted by Gasteiger charge is -2.36. The number of aromatic amines is 1. The summed E-state index contributed by atoms with van der Waals surface area (Å²) in [6.45, 7) is 2.05. The van der Waals surface area contributed by atoms with Gasteiger partial charge in [-0.3, -0.25) is 9.78 Å². The molecule has 1 aliphatic heterocycles. The van der Waals surface area contributed by atoms with E-state index in [4.69, 9.17) is 4.74 Å². The molecule has 31 heavy (non-hydrogen) atoms. The molecule has 1 N–H and O–H groups in total. The van der Waals surface area contributed by atoms with E-state index in [1.165, 1.54) is 18.2 Å². The predicted octanol–water partition coefficient (Wildman–Crippen LogP) is 3.79. The molecule has 4 rings (SSSR count). The lowest BCUT2D eigenvalue weighted by molar-refractivity contribution is -0.137. The molecule has 0 radical (unpaired) electrons. The second-order valence-corrected chi connectivity index (χ2v) is 7.21. The highest BCUT2D eigenvalue weighted by molar-refractivity contribution is 5.62. The Morgan fingerprint density at radius 1 is 0.968 bits per heavy atom. The largest absolute Gasteiger partial charge is 0.497 e. The Bertz CT molecular complexity index is 1120. The molecule has 0 atom stereocenters. The van der Waals surface area contributed by atoms with Crippen LogP contribution >= 0.6 is 0 Å². The molecule has 3 aromatic rings. The molecule has 9 heteroatoms. The van der Waals surface area contributed by atoms with E-state index in [2.05, 4.69) is 9.97 Å². The van der Waals surface area contributed by atoms with Gasteiger partial charge in [0.2, 0.25) is 5.95 Å². The number of rotatable bonds is 4. The minimum Gasteiger partial charge on any atom is -0.497 e. The van der Waals surface area contributed by atoms with E-state index in [1.807, 2.05) is 28.0 Å². The number of nitrogens with zero attached hydrogens (tertiary/aromatic N) is 3. The van der Waals surface area contributed by atoms with E-state index in [0.717, 1.165) is 11.6 Å². The maximum atomic E-state index is 13.0. The van der Waals surface area contributed by atoms with E-state index in [0.29, 0.717) is 49.3 Å². The molecule has 2 heterocycles. The summed E-state index contributed by atoms with van der Waals surface area (Å²) in [5, 5.41) is 0. The van der Waals surface area contributed by atoms with Gasteiger partial charge in [0.05, 0.1) is 18.4 Å². The standard InChI is InChI=1S/C22H21F3N4O2/c1-31-18-7-2-4-15(12-18)19-14-20(30)27-21(26-19)29-10-8-28(9-11-29)17-6-3-5-16(13-17)22(23,24)25/h2-7,12-14H,8-11H2,1H3,(H,26,27,30). The van der Waals surface area contributed by atoms with Gasteiger partial charge in [0.1, 0.15) is 5.75 Å². The molecule has 1 saturated heterocycles. The van der Waals surface area contributed by atoms with Crippen LogP contribution in [0.1, 0.15) is 5.56 Å². The molecule has 0 aliphatic carbocycles. The maximum Gasteiger partial charge on any atom is 0.416 e. The molecule has 0 unspecified atom stereocenters. The maximum absolute atomic E-state index is 13.0. The van der Waals surface area contributed by atoms with E-state index in [-0.39, 0.29) is 5.56 Å². The van der Waals surface area contributed by atoms with Gasteiger partial charge < -0.3 is 14.5 Å². The SMILES string of the molecule is COc1cccc(-c2cc(=O)[nH]c(N3CCN(c4cccc(C(F)(F)F)c4)CC3)n2)c1. The summed E-state index contributed by atoms with van der Waals surface area (Å²) in [5.74, 6) is 1.10. The van der Waals surface area contributed by atoms with Gasteiger partial charge >= 0.3 is 6.18 Å². The third-order valence-electron chi connectivity index (χ3n) is 5.21. The Kier molecular flexibility index (Phi) is 5.58.